The first-order chi connectivity index (χ1) is 9.95. The fourth-order valence-corrected chi connectivity index (χ4v) is 4.44. The van der Waals surface area contributed by atoms with Gasteiger partial charge in [0.2, 0.25) is 0 Å². The van der Waals surface area contributed by atoms with Gasteiger partial charge in [-0.25, -0.2) is 8.42 Å². The molecule has 0 radical (unpaired) electrons. The average molecular weight is 312 g/mol. The number of aromatic amines is 1. The Morgan fingerprint density at radius 1 is 1.24 bits per heavy atom. The number of aromatic nitrogens is 2. The van der Waals surface area contributed by atoms with E-state index in [0.717, 1.165) is 38.3 Å². The molecule has 2 aliphatic rings. The number of nitrogens with zero attached hydrogens (tertiary/aromatic N) is 3. The molecule has 21 heavy (non-hydrogen) atoms. The number of likely N-dealkylation sites (tertiary alicyclic amines) is 2. The van der Waals surface area contributed by atoms with Gasteiger partial charge in [0.25, 0.3) is 0 Å². The highest BCUT2D eigenvalue weighted by Crippen LogP contribution is 2.32. The summed E-state index contributed by atoms with van der Waals surface area (Å²) in [5, 5.41) is 6.87. The minimum atomic E-state index is -3.20. The highest BCUT2D eigenvalue weighted by molar-refractivity contribution is 7.90. The summed E-state index contributed by atoms with van der Waals surface area (Å²) in [4.78, 5) is 5.28. The molecule has 3 heterocycles. The first kappa shape index (κ1) is 15.0. The Bertz CT molecular complexity index is 590. The minimum absolute atomic E-state index is 0.261. The van der Waals surface area contributed by atoms with E-state index < -0.39 is 9.84 Å². The lowest BCUT2D eigenvalue weighted by molar-refractivity contribution is 0.142. The largest absolute Gasteiger partial charge is 0.306 e. The van der Waals surface area contributed by atoms with Crippen molar-refractivity contribution in [2.75, 3.05) is 39.5 Å². The Morgan fingerprint density at radius 2 is 1.95 bits per heavy atom. The van der Waals surface area contributed by atoms with Gasteiger partial charge in [0, 0.05) is 24.8 Å². The summed E-state index contributed by atoms with van der Waals surface area (Å²) in [6, 6.07) is 0.649. The third-order valence-electron chi connectivity index (χ3n) is 4.86. The molecule has 1 N–H and O–H groups in total. The van der Waals surface area contributed by atoms with Gasteiger partial charge >= 0.3 is 0 Å². The number of H-pyrrole nitrogens is 1. The van der Waals surface area contributed by atoms with E-state index in [0.29, 0.717) is 10.9 Å². The monoisotopic (exact) mass is 312 g/mol. The standard InChI is InChI=1S/C14H24N4O2S/c1-17-6-4-12(5-7-17)18-8-3-11(10-18)14-13(9-15-16-14)21(2,19)20/h9,11-12H,3-8,10H2,1-2H3,(H,15,16)/t11-/m0/s1. The highest BCUT2D eigenvalue weighted by atomic mass is 32.2. The summed E-state index contributed by atoms with van der Waals surface area (Å²) < 4.78 is 23.6. The van der Waals surface area contributed by atoms with Gasteiger partial charge in [-0.3, -0.25) is 10.00 Å². The van der Waals surface area contributed by atoms with Gasteiger partial charge in [0.05, 0.1) is 11.9 Å². The Hall–Kier alpha value is -0.920. The van der Waals surface area contributed by atoms with E-state index in [9.17, 15) is 8.42 Å². The smallest absolute Gasteiger partial charge is 0.178 e. The molecule has 0 spiro atoms. The number of hydrogen-bond donors (Lipinski definition) is 1. The first-order valence-electron chi connectivity index (χ1n) is 7.61. The van der Waals surface area contributed by atoms with Gasteiger partial charge in [0.15, 0.2) is 9.84 Å². The molecular weight excluding hydrogens is 288 g/mol. The lowest BCUT2D eigenvalue weighted by Crippen LogP contribution is -2.42. The van der Waals surface area contributed by atoms with E-state index >= 15 is 0 Å². The molecule has 0 aromatic carbocycles. The van der Waals surface area contributed by atoms with E-state index in [1.807, 2.05) is 0 Å². The van der Waals surface area contributed by atoms with Crippen molar-refractivity contribution in [2.24, 2.45) is 0 Å². The Balaban J connectivity index is 1.69. The van der Waals surface area contributed by atoms with Gasteiger partial charge in [-0.2, -0.15) is 5.10 Å². The van der Waals surface area contributed by atoms with Crippen molar-refractivity contribution in [1.82, 2.24) is 20.0 Å². The van der Waals surface area contributed by atoms with Crippen LogP contribution in [0.5, 0.6) is 0 Å². The topological polar surface area (TPSA) is 69.3 Å². The predicted molar refractivity (Wildman–Crippen MR) is 81.1 cm³/mol. The number of hydrogen-bond acceptors (Lipinski definition) is 5. The second kappa shape index (κ2) is 5.70. The molecule has 0 aliphatic carbocycles. The second-order valence-electron chi connectivity index (χ2n) is 6.44. The molecule has 118 valence electrons. The quantitative estimate of drug-likeness (QED) is 0.889. The normalized spacial score (nSPS) is 26.5. The third kappa shape index (κ3) is 3.14. The molecule has 3 rings (SSSR count). The summed E-state index contributed by atoms with van der Waals surface area (Å²) in [6.45, 7) is 4.31. The number of nitrogens with one attached hydrogen (secondary N) is 1. The van der Waals surface area contributed by atoms with Gasteiger partial charge < -0.3 is 4.90 Å². The fourth-order valence-electron chi connectivity index (χ4n) is 3.59. The van der Waals surface area contributed by atoms with Crippen LogP contribution in [0.1, 0.15) is 30.9 Å². The summed E-state index contributed by atoms with van der Waals surface area (Å²) in [7, 11) is -1.02. The highest BCUT2D eigenvalue weighted by Gasteiger charge is 2.33. The van der Waals surface area contributed by atoms with Crippen LogP contribution in [-0.4, -0.2) is 73.9 Å². The van der Waals surface area contributed by atoms with Crippen LogP contribution in [0, 0.1) is 0 Å². The molecule has 7 heteroatoms. The van der Waals surface area contributed by atoms with Crippen molar-refractivity contribution >= 4 is 9.84 Å². The van der Waals surface area contributed by atoms with Crippen LogP contribution in [0.3, 0.4) is 0 Å². The lowest BCUT2D eigenvalue weighted by Gasteiger charge is -2.35. The van der Waals surface area contributed by atoms with Crippen LogP contribution in [0.15, 0.2) is 11.1 Å². The Kier molecular flexibility index (Phi) is 4.07. The van der Waals surface area contributed by atoms with Gasteiger partial charge in [-0.05, 0) is 45.9 Å². The van der Waals surface area contributed by atoms with Crippen molar-refractivity contribution in [2.45, 2.75) is 36.1 Å². The molecule has 0 amide bonds. The minimum Gasteiger partial charge on any atom is -0.306 e. The van der Waals surface area contributed by atoms with Crippen molar-refractivity contribution in [3.8, 4) is 0 Å². The lowest BCUT2D eigenvalue weighted by atomic mass is 10.0. The molecule has 2 saturated heterocycles. The molecular formula is C14H24N4O2S. The van der Waals surface area contributed by atoms with Crippen LogP contribution < -0.4 is 0 Å². The SMILES string of the molecule is CN1CCC(N2CC[C@H](c3[nH]ncc3S(C)(=O)=O)C2)CC1. The van der Waals surface area contributed by atoms with Gasteiger partial charge in [-0.1, -0.05) is 0 Å². The Morgan fingerprint density at radius 3 is 2.62 bits per heavy atom. The van der Waals surface area contributed by atoms with Crippen molar-refractivity contribution < 1.29 is 8.42 Å². The summed E-state index contributed by atoms with van der Waals surface area (Å²) in [6.07, 6.45) is 6.14. The van der Waals surface area contributed by atoms with Crippen LogP contribution in [-0.2, 0) is 9.84 Å². The van der Waals surface area contributed by atoms with Crippen LogP contribution in [0.25, 0.3) is 0 Å². The third-order valence-corrected chi connectivity index (χ3v) is 5.99. The molecule has 2 aliphatic heterocycles. The number of piperidine rings is 1. The molecule has 0 saturated carbocycles. The molecule has 2 fully saturated rings. The summed E-state index contributed by atoms with van der Waals surface area (Å²) in [5.41, 5.74) is 0.799. The molecule has 1 aromatic rings. The van der Waals surface area contributed by atoms with E-state index in [-0.39, 0.29) is 5.92 Å². The van der Waals surface area contributed by atoms with Crippen molar-refractivity contribution in [3.05, 3.63) is 11.9 Å². The zero-order valence-electron chi connectivity index (χ0n) is 12.7. The molecule has 0 bridgehead atoms. The molecule has 0 unspecified atom stereocenters. The second-order valence-corrected chi connectivity index (χ2v) is 8.42. The van der Waals surface area contributed by atoms with E-state index in [2.05, 4.69) is 27.0 Å². The van der Waals surface area contributed by atoms with Gasteiger partial charge in [0.1, 0.15) is 4.90 Å². The summed E-state index contributed by atoms with van der Waals surface area (Å²) in [5.74, 6) is 0.261. The average Bonchev–Trinajstić information content (AvgIpc) is 3.07. The van der Waals surface area contributed by atoms with E-state index in [1.54, 1.807) is 0 Å². The fraction of sp³-hybridized carbons (Fsp3) is 0.786. The maximum Gasteiger partial charge on any atom is 0.178 e. The molecule has 1 aromatic heterocycles. The van der Waals surface area contributed by atoms with E-state index in [4.69, 9.17) is 0 Å². The summed E-state index contributed by atoms with van der Waals surface area (Å²) >= 11 is 0. The maximum absolute atomic E-state index is 11.8. The zero-order valence-corrected chi connectivity index (χ0v) is 13.6. The van der Waals surface area contributed by atoms with Crippen LogP contribution >= 0.6 is 0 Å². The van der Waals surface area contributed by atoms with Gasteiger partial charge in [-0.15, -0.1) is 0 Å². The predicted octanol–water partition coefficient (Wildman–Crippen LogP) is 0.697. The number of sulfone groups is 1. The van der Waals surface area contributed by atoms with Crippen LogP contribution in [0.2, 0.25) is 0 Å². The van der Waals surface area contributed by atoms with Crippen LogP contribution in [0.4, 0.5) is 0 Å². The van der Waals surface area contributed by atoms with Crippen molar-refractivity contribution in [1.29, 1.82) is 0 Å². The first-order valence-corrected chi connectivity index (χ1v) is 9.50. The molecule has 1 atom stereocenters. The number of rotatable bonds is 3. The maximum atomic E-state index is 11.8. The van der Waals surface area contributed by atoms with E-state index in [1.165, 1.54) is 25.3 Å². The molecule has 6 nitrogen and oxygen atoms in total. The zero-order chi connectivity index (χ0) is 15.0. The Labute approximate surface area is 126 Å². The van der Waals surface area contributed by atoms with Crippen molar-refractivity contribution in [3.63, 3.8) is 0 Å².